The number of aryl methyl sites for hydroxylation is 2. The average Bonchev–Trinajstić information content (AvgIpc) is 3.48. The summed E-state index contributed by atoms with van der Waals surface area (Å²) in [6.07, 6.45) is 0. The molecule has 0 saturated carbocycles. The van der Waals surface area contributed by atoms with Crippen molar-refractivity contribution in [3.8, 4) is 0 Å². The first-order valence-electron chi connectivity index (χ1n) is 11.6. The van der Waals surface area contributed by atoms with Crippen molar-refractivity contribution in [1.82, 2.24) is 10.2 Å². The van der Waals surface area contributed by atoms with E-state index in [2.05, 4.69) is 22.3 Å². The van der Waals surface area contributed by atoms with E-state index in [4.69, 9.17) is 16.0 Å². The second-order valence-electron chi connectivity index (χ2n) is 8.86. The number of hydrogen-bond donors (Lipinski definition) is 0. The van der Waals surface area contributed by atoms with Crippen LogP contribution in [-0.4, -0.2) is 16.1 Å². The first kappa shape index (κ1) is 23.9. The van der Waals surface area contributed by atoms with E-state index in [0.29, 0.717) is 26.7 Å². The van der Waals surface area contributed by atoms with Gasteiger partial charge in [-0.15, -0.1) is 10.2 Å². The fraction of sp³-hybridized carbons (Fsp3) is 0.143. The third-order valence-electron chi connectivity index (χ3n) is 6.48. The minimum atomic E-state index is -0.707. The molecular weight excluding hydrogens is 526 g/mol. The summed E-state index contributed by atoms with van der Waals surface area (Å²) in [6.45, 7) is 3.90. The minimum Gasteiger partial charge on any atom is -0.450 e. The fourth-order valence-corrected chi connectivity index (χ4v) is 6.41. The zero-order valence-corrected chi connectivity index (χ0v) is 22.3. The largest absolute Gasteiger partial charge is 0.450 e. The predicted molar refractivity (Wildman–Crippen MR) is 148 cm³/mol. The molecule has 0 aliphatic carbocycles. The number of aromatic nitrogens is 2. The van der Waals surface area contributed by atoms with E-state index in [1.807, 2.05) is 56.3 Å². The van der Waals surface area contributed by atoms with E-state index >= 15 is 0 Å². The van der Waals surface area contributed by atoms with Crippen LogP contribution in [0.15, 0.2) is 80.3 Å². The van der Waals surface area contributed by atoms with Crippen molar-refractivity contribution in [3.05, 3.63) is 116 Å². The molecule has 0 N–H and O–H groups in total. The Bertz CT molecular complexity index is 1720. The molecule has 0 saturated heterocycles. The van der Waals surface area contributed by atoms with Crippen molar-refractivity contribution < 1.29 is 9.21 Å². The molecule has 2 aromatic heterocycles. The highest BCUT2D eigenvalue weighted by Crippen LogP contribution is 2.43. The van der Waals surface area contributed by atoms with Crippen LogP contribution in [0.3, 0.4) is 0 Å². The number of carbonyl (C=O) groups is 1. The lowest BCUT2D eigenvalue weighted by atomic mass is 9.97. The van der Waals surface area contributed by atoms with Gasteiger partial charge in [-0.05, 0) is 60.4 Å². The molecule has 1 amide bonds. The maximum absolute atomic E-state index is 13.8. The summed E-state index contributed by atoms with van der Waals surface area (Å²) in [5.74, 6) is 0.353. The Morgan fingerprint density at radius 3 is 2.49 bits per heavy atom. The monoisotopic (exact) mass is 545 g/mol. The molecule has 0 radical (unpaired) electrons. The molecule has 3 aromatic carbocycles. The zero-order valence-electron chi connectivity index (χ0n) is 19.9. The molecule has 6 rings (SSSR count). The summed E-state index contributed by atoms with van der Waals surface area (Å²) >= 11 is 9.01. The van der Waals surface area contributed by atoms with Gasteiger partial charge in [0.15, 0.2) is 9.77 Å². The Morgan fingerprint density at radius 2 is 1.73 bits per heavy atom. The molecule has 6 nitrogen and oxygen atoms in total. The van der Waals surface area contributed by atoms with Gasteiger partial charge < -0.3 is 4.42 Å². The van der Waals surface area contributed by atoms with E-state index in [9.17, 15) is 9.59 Å². The lowest BCUT2D eigenvalue weighted by Crippen LogP contribution is -2.29. The second kappa shape index (κ2) is 9.45. The molecule has 1 atom stereocenters. The number of rotatable bonds is 5. The molecule has 37 heavy (non-hydrogen) atoms. The molecule has 0 fully saturated rings. The van der Waals surface area contributed by atoms with Gasteiger partial charge in [-0.1, -0.05) is 77.2 Å². The van der Waals surface area contributed by atoms with Gasteiger partial charge in [0.25, 0.3) is 5.91 Å². The van der Waals surface area contributed by atoms with Gasteiger partial charge in [-0.2, -0.15) is 0 Å². The van der Waals surface area contributed by atoms with Crippen LogP contribution in [0.4, 0.5) is 5.13 Å². The first-order chi connectivity index (χ1) is 17.9. The molecule has 0 spiro atoms. The van der Waals surface area contributed by atoms with Crippen LogP contribution in [0.2, 0.25) is 5.02 Å². The number of halogens is 1. The average molecular weight is 546 g/mol. The number of carbonyl (C=O) groups excluding carboxylic acids is 1. The Hall–Kier alpha value is -3.46. The standard InChI is InChI=1S/C28H20ClN3O3S2/c1-15-12-20-21(13-16(15)2)35-25-22(24(20)33)23(18-8-10-19(29)11-9-18)32(26(25)34)27-30-31-28(37-27)36-14-17-6-4-3-5-7-17/h3-13,23H,14H2,1-2H3. The maximum Gasteiger partial charge on any atom is 0.297 e. The summed E-state index contributed by atoms with van der Waals surface area (Å²) in [7, 11) is 0. The number of hydrogen-bond acceptors (Lipinski definition) is 7. The SMILES string of the molecule is Cc1cc2oc3c(c(=O)c2cc1C)C(c1ccc(Cl)cc1)N(c1nnc(SCc2ccccc2)s1)C3=O. The molecule has 0 bridgehead atoms. The van der Waals surface area contributed by atoms with Gasteiger partial charge in [0.2, 0.25) is 10.9 Å². The van der Waals surface area contributed by atoms with Gasteiger partial charge in [-0.3, -0.25) is 14.5 Å². The molecule has 1 unspecified atom stereocenters. The summed E-state index contributed by atoms with van der Waals surface area (Å²) in [6, 6.07) is 20.1. The van der Waals surface area contributed by atoms with Crippen molar-refractivity contribution in [2.45, 2.75) is 30.0 Å². The summed E-state index contributed by atoms with van der Waals surface area (Å²) in [5, 5.41) is 10.1. The van der Waals surface area contributed by atoms with Crippen molar-refractivity contribution >= 4 is 56.7 Å². The summed E-state index contributed by atoms with van der Waals surface area (Å²) < 4.78 is 6.84. The van der Waals surface area contributed by atoms with Crippen LogP contribution < -0.4 is 10.3 Å². The van der Waals surface area contributed by atoms with E-state index in [1.165, 1.54) is 21.8 Å². The number of benzene rings is 3. The third-order valence-corrected chi connectivity index (χ3v) is 8.86. The Balaban J connectivity index is 1.46. The molecule has 5 aromatic rings. The molecular formula is C28H20ClN3O3S2. The number of nitrogens with zero attached hydrogens (tertiary/aromatic N) is 3. The molecule has 1 aliphatic rings. The Morgan fingerprint density at radius 1 is 1.00 bits per heavy atom. The van der Waals surface area contributed by atoms with Gasteiger partial charge in [0, 0.05) is 10.8 Å². The quantitative estimate of drug-likeness (QED) is 0.175. The molecule has 3 heterocycles. The lowest BCUT2D eigenvalue weighted by Gasteiger charge is -2.22. The van der Waals surface area contributed by atoms with Crippen LogP contribution >= 0.6 is 34.7 Å². The van der Waals surface area contributed by atoms with Crippen molar-refractivity contribution in [2.75, 3.05) is 4.90 Å². The van der Waals surface area contributed by atoms with Crippen molar-refractivity contribution in [2.24, 2.45) is 0 Å². The van der Waals surface area contributed by atoms with Crippen LogP contribution in [0.1, 0.15) is 44.4 Å². The Kier molecular flexibility index (Phi) is 6.10. The topological polar surface area (TPSA) is 76.3 Å². The summed E-state index contributed by atoms with van der Waals surface area (Å²) in [4.78, 5) is 29.1. The molecule has 1 aliphatic heterocycles. The van der Waals surface area contributed by atoms with E-state index < -0.39 is 11.9 Å². The summed E-state index contributed by atoms with van der Waals surface area (Å²) in [5.41, 5.74) is 4.34. The highest BCUT2D eigenvalue weighted by Gasteiger charge is 2.45. The van der Waals surface area contributed by atoms with Crippen molar-refractivity contribution in [3.63, 3.8) is 0 Å². The lowest BCUT2D eigenvalue weighted by molar-refractivity contribution is 0.0970. The highest BCUT2D eigenvalue weighted by molar-refractivity contribution is 8.00. The van der Waals surface area contributed by atoms with Crippen LogP contribution in [0.25, 0.3) is 11.0 Å². The number of amides is 1. The van der Waals surface area contributed by atoms with Gasteiger partial charge in [0.1, 0.15) is 5.58 Å². The van der Waals surface area contributed by atoms with E-state index in [-0.39, 0.29) is 11.2 Å². The number of anilines is 1. The third kappa shape index (κ3) is 4.25. The van der Waals surface area contributed by atoms with Gasteiger partial charge in [0.05, 0.1) is 17.0 Å². The number of thioether (sulfide) groups is 1. The number of fused-ring (bicyclic) bond motifs is 2. The second-order valence-corrected chi connectivity index (χ2v) is 11.5. The van der Waals surface area contributed by atoms with Crippen LogP contribution in [0.5, 0.6) is 0 Å². The first-order valence-corrected chi connectivity index (χ1v) is 13.8. The van der Waals surface area contributed by atoms with E-state index in [0.717, 1.165) is 26.8 Å². The highest BCUT2D eigenvalue weighted by atomic mass is 35.5. The normalized spacial score (nSPS) is 14.9. The van der Waals surface area contributed by atoms with Crippen molar-refractivity contribution in [1.29, 1.82) is 0 Å². The van der Waals surface area contributed by atoms with Gasteiger partial charge >= 0.3 is 0 Å². The predicted octanol–water partition coefficient (Wildman–Crippen LogP) is 6.96. The Labute approximate surface area is 225 Å². The minimum absolute atomic E-state index is 0.0365. The van der Waals surface area contributed by atoms with Crippen LogP contribution in [0, 0.1) is 13.8 Å². The fourth-order valence-electron chi connectivity index (χ4n) is 4.46. The maximum atomic E-state index is 13.8. The van der Waals surface area contributed by atoms with Crippen LogP contribution in [-0.2, 0) is 5.75 Å². The zero-order chi connectivity index (χ0) is 25.7. The molecule has 9 heteroatoms. The molecule has 184 valence electrons. The van der Waals surface area contributed by atoms with E-state index in [1.54, 1.807) is 23.9 Å². The van der Waals surface area contributed by atoms with Gasteiger partial charge in [-0.25, -0.2) is 0 Å². The smallest absolute Gasteiger partial charge is 0.297 e.